The molecule has 0 saturated heterocycles. The van der Waals surface area contributed by atoms with Gasteiger partial charge in [0.05, 0.1) is 24.3 Å². The third-order valence-corrected chi connectivity index (χ3v) is 3.18. The van der Waals surface area contributed by atoms with E-state index in [1.807, 2.05) is 30.3 Å². The summed E-state index contributed by atoms with van der Waals surface area (Å²) in [4.78, 5) is 23.9. The molecule has 5 nitrogen and oxygen atoms in total. The van der Waals surface area contributed by atoms with Crippen LogP contribution in [0.15, 0.2) is 48.5 Å². The highest BCUT2D eigenvalue weighted by Crippen LogP contribution is 2.20. The number of ether oxygens (including phenoxy) is 3. The Balaban J connectivity index is 2.24. The van der Waals surface area contributed by atoms with Gasteiger partial charge in [-0.2, -0.15) is 0 Å². The van der Waals surface area contributed by atoms with Crippen LogP contribution in [0.5, 0.6) is 5.75 Å². The van der Waals surface area contributed by atoms with Crippen molar-refractivity contribution in [2.24, 2.45) is 0 Å². The van der Waals surface area contributed by atoms with Crippen molar-refractivity contribution in [3.8, 4) is 5.75 Å². The molecule has 0 unspecified atom stereocenters. The fraction of sp³-hybridized carbons (Fsp3) is 0.263. The lowest BCUT2D eigenvalue weighted by Crippen LogP contribution is -2.10. The average Bonchev–Trinajstić information content (AvgIpc) is 2.61. The minimum atomic E-state index is -0.506. The lowest BCUT2D eigenvalue weighted by atomic mass is 10.1. The van der Waals surface area contributed by atoms with E-state index in [2.05, 4.69) is 0 Å². The predicted molar refractivity (Wildman–Crippen MR) is 89.1 cm³/mol. The number of rotatable bonds is 7. The molecule has 0 aromatic heterocycles. The van der Waals surface area contributed by atoms with E-state index in [0.717, 1.165) is 5.56 Å². The molecule has 24 heavy (non-hydrogen) atoms. The second kappa shape index (κ2) is 8.72. The van der Waals surface area contributed by atoms with Crippen LogP contribution in [0.3, 0.4) is 0 Å². The summed E-state index contributed by atoms with van der Waals surface area (Å²) in [5.74, 6) is -0.603. The van der Waals surface area contributed by atoms with Crippen LogP contribution in [0.2, 0.25) is 0 Å². The van der Waals surface area contributed by atoms with Crippen molar-refractivity contribution in [3.63, 3.8) is 0 Å². The summed E-state index contributed by atoms with van der Waals surface area (Å²) in [5.41, 5.74) is 1.49. The fourth-order valence-electron chi connectivity index (χ4n) is 2.09. The Kier molecular flexibility index (Phi) is 6.37. The van der Waals surface area contributed by atoms with Gasteiger partial charge in [0.2, 0.25) is 0 Å². The average molecular weight is 328 g/mol. The Morgan fingerprint density at radius 1 is 0.833 bits per heavy atom. The molecule has 0 N–H and O–H groups in total. The maximum absolute atomic E-state index is 12.0. The Morgan fingerprint density at radius 3 is 1.88 bits per heavy atom. The van der Waals surface area contributed by atoms with E-state index in [9.17, 15) is 9.59 Å². The molecule has 0 atom stereocenters. The lowest BCUT2D eigenvalue weighted by Gasteiger charge is -2.11. The molecule has 0 heterocycles. The van der Waals surface area contributed by atoms with Crippen molar-refractivity contribution in [1.82, 2.24) is 0 Å². The third kappa shape index (κ3) is 4.84. The molecule has 0 radical (unpaired) electrons. The van der Waals surface area contributed by atoms with Crippen LogP contribution in [-0.4, -0.2) is 25.2 Å². The van der Waals surface area contributed by atoms with E-state index in [4.69, 9.17) is 14.2 Å². The van der Waals surface area contributed by atoms with E-state index in [0.29, 0.717) is 12.4 Å². The highest BCUT2D eigenvalue weighted by Gasteiger charge is 2.15. The molecule has 0 aliphatic carbocycles. The van der Waals surface area contributed by atoms with Gasteiger partial charge in [-0.05, 0) is 37.6 Å². The van der Waals surface area contributed by atoms with E-state index in [1.54, 1.807) is 26.0 Å². The molecule has 0 amide bonds. The van der Waals surface area contributed by atoms with Crippen molar-refractivity contribution in [2.75, 3.05) is 13.2 Å². The molecule has 0 saturated carbocycles. The van der Waals surface area contributed by atoms with Crippen LogP contribution >= 0.6 is 0 Å². The molecule has 5 heteroatoms. The fourth-order valence-corrected chi connectivity index (χ4v) is 2.09. The summed E-state index contributed by atoms with van der Waals surface area (Å²) in [6, 6.07) is 14.2. The van der Waals surface area contributed by atoms with Crippen molar-refractivity contribution in [1.29, 1.82) is 0 Å². The van der Waals surface area contributed by atoms with Gasteiger partial charge >= 0.3 is 11.9 Å². The zero-order valence-corrected chi connectivity index (χ0v) is 13.8. The summed E-state index contributed by atoms with van der Waals surface area (Å²) in [5, 5.41) is 0. The number of hydrogen-bond acceptors (Lipinski definition) is 5. The van der Waals surface area contributed by atoms with Crippen LogP contribution in [0.1, 0.15) is 40.1 Å². The number of carbonyl (C=O) groups is 2. The third-order valence-electron chi connectivity index (χ3n) is 3.18. The topological polar surface area (TPSA) is 61.8 Å². The summed E-state index contributed by atoms with van der Waals surface area (Å²) in [6.45, 7) is 4.28. The molecule has 2 aromatic rings. The van der Waals surface area contributed by atoms with Gasteiger partial charge in [0.15, 0.2) is 0 Å². The maximum Gasteiger partial charge on any atom is 0.338 e. The first kappa shape index (κ1) is 17.5. The molecular formula is C19H20O5. The van der Waals surface area contributed by atoms with Crippen molar-refractivity contribution in [3.05, 3.63) is 65.2 Å². The molecule has 0 fully saturated rings. The molecule has 0 aliphatic rings. The molecule has 0 spiro atoms. The van der Waals surface area contributed by atoms with E-state index >= 15 is 0 Å². The van der Waals surface area contributed by atoms with Crippen molar-refractivity contribution < 1.29 is 23.8 Å². The zero-order valence-electron chi connectivity index (χ0n) is 13.8. The maximum atomic E-state index is 12.0. The first-order chi connectivity index (χ1) is 11.6. The van der Waals surface area contributed by atoms with Crippen molar-refractivity contribution >= 4 is 11.9 Å². The Morgan fingerprint density at radius 2 is 1.38 bits per heavy atom. The van der Waals surface area contributed by atoms with Crippen molar-refractivity contribution in [2.45, 2.75) is 20.5 Å². The van der Waals surface area contributed by atoms with Crippen LogP contribution in [0.25, 0.3) is 0 Å². The quantitative estimate of drug-likeness (QED) is 0.727. The summed E-state index contributed by atoms with van der Waals surface area (Å²) >= 11 is 0. The number of hydrogen-bond donors (Lipinski definition) is 0. The Bertz CT molecular complexity index is 658. The van der Waals surface area contributed by atoms with Gasteiger partial charge in [-0.25, -0.2) is 9.59 Å². The van der Waals surface area contributed by atoms with Crippen LogP contribution in [0.4, 0.5) is 0 Å². The van der Waals surface area contributed by atoms with Gasteiger partial charge in [-0.3, -0.25) is 0 Å². The monoisotopic (exact) mass is 328 g/mol. The largest absolute Gasteiger partial charge is 0.489 e. The SMILES string of the molecule is CCOC(=O)c1cc(OCc2ccccc2)cc(C(=O)OCC)c1. The highest BCUT2D eigenvalue weighted by atomic mass is 16.5. The Labute approximate surface area is 141 Å². The normalized spacial score (nSPS) is 10.1. The Hall–Kier alpha value is -2.82. The van der Waals surface area contributed by atoms with Gasteiger partial charge in [0.1, 0.15) is 12.4 Å². The number of benzene rings is 2. The molecule has 0 aliphatic heterocycles. The van der Waals surface area contributed by atoms with Gasteiger partial charge in [-0.15, -0.1) is 0 Å². The standard InChI is InChI=1S/C19H20O5/c1-3-22-18(20)15-10-16(19(21)23-4-2)12-17(11-15)24-13-14-8-6-5-7-9-14/h5-12H,3-4,13H2,1-2H3. The number of carbonyl (C=O) groups excluding carboxylic acids is 2. The summed E-state index contributed by atoms with van der Waals surface area (Å²) in [7, 11) is 0. The molecule has 2 aromatic carbocycles. The van der Waals surface area contributed by atoms with Gasteiger partial charge in [0.25, 0.3) is 0 Å². The minimum Gasteiger partial charge on any atom is -0.489 e. The second-order valence-corrected chi connectivity index (χ2v) is 4.96. The summed E-state index contributed by atoms with van der Waals surface area (Å²) in [6.07, 6.45) is 0. The van der Waals surface area contributed by atoms with Gasteiger partial charge in [0, 0.05) is 0 Å². The smallest absolute Gasteiger partial charge is 0.338 e. The molecular weight excluding hydrogens is 308 g/mol. The van der Waals surface area contributed by atoms with Gasteiger partial charge < -0.3 is 14.2 Å². The molecule has 0 bridgehead atoms. The highest BCUT2D eigenvalue weighted by molar-refractivity contribution is 5.96. The van der Waals surface area contributed by atoms with E-state index in [1.165, 1.54) is 6.07 Å². The number of esters is 2. The minimum absolute atomic E-state index is 0.253. The van der Waals surface area contributed by atoms with E-state index in [-0.39, 0.29) is 24.3 Å². The second-order valence-electron chi connectivity index (χ2n) is 4.96. The first-order valence-electron chi connectivity index (χ1n) is 7.80. The zero-order chi connectivity index (χ0) is 17.4. The summed E-state index contributed by atoms with van der Waals surface area (Å²) < 4.78 is 15.7. The van der Waals surface area contributed by atoms with Crippen LogP contribution in [-0.2, 0) is 16.1 Å². The molecule has 126 valence electrons. The predicted octanol–water partition coefficient (Wildman–Crippen LogP) is 3.62. The van der Waals surface area contributed by atoms with Crippen LogP contribution in [0, 0.1) is 0 Å². The van der Waals surface area contributed by atoms with E-state index < -0.39 is 11.9 Å². The first-order valence-corrected chi connectivity index (χ1v) is 7.80. The molecule has 2 rings (SSSR count). The van der Waals surface area contributed by atoms with Gasteiger partial charge in [-0.1, -0.05) is 30.3 Å². The lowest BCUT2D eigenvalue weighted by molar-refractivity contribution is 0.0524. The van der Waals surface area contributed by atoms with Crippen LogP contribution < -0.4 is 4.74 Å².